The Morgan fingerprint density at radius 1 is 1.04 bits per heavy atom. The zero-order chi connectivity index (χ0) is 39.3. The standard InChI is InChI=1S/C39H54Cl2N4O8.2ClH/c1-23(2)18-32-37(49)52-30(24(3)35(47)34(41)27-13-10-25(11-14-27)21-43-17-16-42)8-7-9-33(46)45-29(20-26-12-15-31(51-6)28(40)19-26)36(48)44-22-39(4,5)38(50)53-32;;/h7,9-15,19,23-24,29-30,32,34-35,43,47H,8,16-18,20-22,42H2,1-6H3,(H,44,48)(H,45,46);2*1H/b9-7+;;/t24-,29+,30-,32-,34-,35+;;/m0../s1. The third-order valence-corrected chi connectivity index (χ3v) is 9.97. The smallest absolute Gasteiger partial charge is 0.347 e. The maximum atomic E-state index is 13.7. The third kappa shape index (κ3) is 15.4. The van der Waals surface area contributed by atoms with Gasteiger partial charge in [-0.25, -0.2) is 4.79 Å². The van der Waals surface area contributed by atoms with Crippen LogP contribution in [-0.2, 0) is 41.6 Å². The van der Waals surface area contributed by atoms with E-state index in [2.05, 4.69) is 21.7 Å². The fourth-order valence-corrected chi connectivity index (χ4v) is 6.41. The van der Waals surface area contributed by atoms with Crippen molar-refractivity contribution in [2.45, 2.75) is 90.2 Å². The van der Waals surface area contributed by atoms with Gasteiger partial charge in [-0.3, -0.25) is 14.4 Å². The number of amides is 2. The Hall–Kier alpha value is -3.10. The Morgan fingerprint density at radius 2 is 1.69 bits per heavy atom. The van der Waals surface area contributed by atoms with Gasteiger partial charge in [0, 0.05) is 30.9 Å². The molecule has 0 spiro atoms. The van der Waals surface area contributed by atoms with Gasteiger partial charge in [-0.1, -0.05) is 68.8 Å². The SMILES string of the molecule is COc1ccc(C[C@H]2NC(=O)/C=C/C[C@@H]([C@H](C)[C@@H](O)[C@@H](Cl)c3ccc(C[NH2+]CC[NH3+])cc3)OC(=O)[C@H](CC(C)C)OC(=O)C(C)(C)CNC2=O)cc1Cl.[Cl-].[Cl-]. The van der Waals surface area contributed by atoms with Crippen LogP contribution in [0.2, 0.25) is 5.02 Å². The molecule has 0 aliphatic carbocycles. The van der Waals surface area contributed by atoms with E-state index in [-0.39, 0.29) is 56.5 Å². The zero-order valence-corrected chi connectivity index (χ0v) is 35.3. The number of rotatable bonds is 13. The number of ether oxygens (including phenoxy) is 3. The molecule has 12 nitrogen and oxygen atoms in total. The molecule has 1 aliphatic heterocycles. The second-order valence-corrected chi connectivity index (χ2v) is 15.5. The van der Waals surface area contributed by atoms with Crippen LogP contribution in [0.25, 0.3) is 0 Å². The van der Waals surface area contributed by atoms with Gasteiger partial charge in [-0.05, 0) is 55.5 Å². The van der Waals surface area contributed by atoms with Crippen LogP contribution in [0.1, 0.15) is 69.5 Å². The minimum Gasteiger partial charge on any atom is -1.00 e. The highest BCUT2D eigenvalue weighted by atomic mass is 35.5. The maximum absolute atomic E-state index is 13.7. The molecule has 8 N–H and O–H groups in total. The molecule has 0 bridgehead atoms. The van der Waals surface area contributed by atoms with E-state index in [4.69, 9.17) is 37.4 Å². The largest absolute Gasteiger partial charge is 1.00 e. The van der Waals surface area contributed by atoms with Crippen molar-refractivity contribution in [2.24, 2.45) is 17.3 Å². The number of aliphatic hydroxyl groups excluding tert-OH is 1. The van der Waals surface area contributed by atoms with E-state index < -0.39 is 64.8 Å². The minimum atomic E-state index is -1.25. The molecule has 16 heteroatoms. The number of halogens is 4. The average Bonchev–Trinajstić information content (AvgIpc) is 3.11. The van der Waals surface area contributed by atoms with Gasteiger partial charge in [0.25, 0.3) is 0 Å². The molecule has 3 rings (SSSR count). The summed E-state index contributed by atoms with van der Waals surface area (Å²) < 4.78 is 17.0. The monoisotopic (exact) mass is 848 g/mol. The first kappa shape index (κ1) is 49.9. The summed E-state index contributed by atoms with van der Waals surface area (Å²) in [7, 11) is 1.49. The molecule has 0 unspecified atom stereocenters. The average molecular weight is 851 g/mol. The van der Waals surface area contributed by atoms with Crippen molar-refractivity contribution in [3.05, 3.63) is 76.3 Å². The fourth-order valence-electron chi connectivity index (χ4n) is 5.75. The number of esters is 2. The summed E-state index contributed by atoms with van der Waals surface area (Å²) in [6.45, 7) is 11.0. The summed E-state index contributed by atoms with van der Waals surface area (Å²) in [5.41, 5.74) is 5.06. The Kier molecular flexibility index (Phi) is 21.6. The third-order valence-electron chi connectivity index (χ3n) is 9.16. The van der Waals surface area contributed by atoms with Crippen LogP contribution in [0.15, 0.2) is 54.6 Å². The van der Waals surface area contributed by atoms with Crippen molar-refractivity contribution in [2.75, 3.05) is 26.7 Å². The lowest BCUT2D eigenvalue weighted by Gasteiger charge is -2.32. The quantitative estimate of drug-likeness (QED) is 0.0787. The molecule has 1 heterocycles. The number of hydrogen-bond donors (Lipinski definition) is 5. The lowest BCUT2D eigenvalue weighted by atomic mass is 9.90. The number of quaternary nitrogens is 2. The summed E-state index contributed by atoms with van der Waals surface area (Å²) in [5, 5.41) is 18.7. The van der Waals surface area contributed by atoms with Crippen LogP contribution in [0, 0.1) is 17.3 Å². The number of benzene rings is 2. The number of carbonyl (C=O) groups is 4. The molecule has 0 saturated heterocycles. The van der Waals surface area contributed by atoms with Crippen LogP contribution >= 0.6 is 23.2 Å². The highest BCUT2D eigenvalue weighted by Crippen LogP contribution is 2.33. The van der Waals surface area contributed by atoms with Crippen LogP contribution in [-0.4, -0.2) is 80.0 Å². The van der Waals surface area contributed by atoms with Gasteiger partial charge in [-0.15, -0.1) is 11.6 Å². The molecule has 308 valence electrons. The predicted molar refractivity (Wildman–Crippen MR) is 202 cm³/mol. The molecule has 0 radical (unpaired) electrons. The highest BCUT2D eigenvalue weighted by molar-refractivity contribution is 6.32. The Morgan fingerprint density at radius 3 is 2.29 bits per heavy atom. The van der Waals surface area contributed by atoms with Gasteiger partial charge < -0.3 is 65.8 Å². The predicted octanol–water partition coefficient (Wildman–Crippen LogP) is -3.36. The van der Waals surface area contributed by atoms with Crippen LogP contribution in [0.3, 0.4) is 0 Å². The van der Waals surface area contributed by atoms with E-state index in [1.54, 1.807) is 39.0 Å². The van der Waals surface area contributed by atoms with E-state index >= 15 is 0 Å². The molecule has 55 heavy (non-hydrogen) atoms. The molecule has 0 saturated carbocycles. The van der Waals surface area contributed by atoms with E-state index in [9.17, 15) is 24.3 Å². The fraction of sp³-hybridized carbons (Fsp3) is 0.538. The molecule has 0 aromatic heterocycles. The molecule has 1 aliphatic rings. The van der Waals surface area contributed by atoms with Gasteiger partial charge in [0.1, 0.15) is 37.5 Å². The second kappa shape index (κ2) is 23.8. The number of hydrogen-bond acceptors (Lipinski definition) is 8. The van der Waals surface area contributed by atoms with Crippen LogP contribution in [0.4, 0.5) is 0 Å². The van der Waals surface area contributed by atoms with Gasteiger partial charge in [0.15, 0.2) is 6.10 Å². The van der Waals surface area contributed by atoms with Crippen molar-refractivity contribution in [3.63, 3.8) is 0 Å². The summed E-state index contributed by atoms with van der Waals surface area (Å²) in [5.74, 6) is -2.91. The number of alkyl halides is 1. The summed E-state index contributed by atoms with van der Waals surface area (Å²) in [4.78, 5) is 54.0. The molecule has 2 aromatic carbocycles. The first-order valence-electron chi connectivity index (χ1n) is 18.1. The second-order valence-electron chi connectivity index (χ2n) is 14.6. The lowest BCUT2D eigenvalue weighted by Crippen LogP contribution is -3.00. The number of aliphatic hydroxyl groups is 1. The van der Waals surface area contributed by atoms with Gasteiger partial charge in [-0.2, -0.15) is 0 Å². The summed E-state index contributed by atoms with van der Waals surface area (Å²) >= 11 is 13.2. The van der Waals surface area contributed by atoms with Gasteiger partial charge >= 0.3 is 11.9 Å². The number of cyclic esters (lactones) is 2. The molecule has 2 amide bonds. The Balaban J connectivity index is 0.00000756. The molecule has 6 atom stereocenters. The lowest BCUT2D eigenvalue weighted by molar-refractivity contribution is -0.684. The maximum Gasteiger partial charge on any atom is 0.347 e. The molecular formula is C39H56Cl4N4O8. The minimum absolute atomic E-state index is 0. The number of nitrogens with two attached hydrogens (primary N) is 1. The van der Waals surface area contributed by atoms with Crippen molar-refractivity contribution in [1.82, 2.24) is 10.6 Å². The molecule has 2 aromatic rings. The first-order valence-corrected chi connectivity index (χ1v) is 18.9. The molecular weight excluding hydrogens is 794 g/mol. The highest BCUT2D eigenvalue weighted by Gasteiger charge is 2.38. The van der Waals surface area contributed by atoms with E-state index in [1.165, 1.54) is 19.3 Å². The van der Waals surface area contributed by atoms with Crippen molar-refractivity contribution in [3.8, 4) is 5.75 Å². The summed E-state index contributed by atoms with van der Waals surface area (Å²) in [6.07, 6.45) is -0.336. The van der Waals surface area contributed by atoms with Gasteiger partial charge in [0.05, 0.1) is 29.0 Å². The van der Waals surface area contributed by atoms with Crippen molar-refractivity contribution >= 4 is 47.0 Å². The number of carbonyl (C=O) groups excluding carboxylic acids is 4. The zero-order valence-electron chi connectivity index (χ0n) is 32.3. The van der Waals surface area contributed by atoms with Crippen LogP contribution < -0.4 is 51.2 Å². The normalized spacial score (nSPS) is 21.7. The van der Waals surface area contributed by atoms with E-state index in [0.29, 0.717) is 21.9 Å². The molecule has 0 fully saturated rings. The number of nitrogens with one attached hydrogen (secondary N) is 2. The Labute approximate surface area is 346 Å². The summed E-state index contributed by atoms with van der Waals surface area (Å²) in [6, 6.07) is 11.7. The van der Waals surface area contributed by atoms with E-state index in [1.807, 2.05) is 38.1 Å². The number of methoxy groups -OCH3 is 1. The van der Waals surface area contributed by atoms with Crippen LogP contribution in [0.5, 0.6) is 5.75 Å². The first-order chi connectivity index (χ1) is 25.1. The van der Waals surface area contributed by atoms with Crippen molar-refractivity contribution in [1.29, 1.82) is 0 Å². The topological polar surface area (TPSA) is 185 Å². The Bertz CT molecular complexity index is 1580. The van der Waals surface area contributed by atoms with Gasteiger partial charge in [0.2, 0.25) is 11.8 Å². The van der Waals surface area contributed by atoms with Crippen molar-refractivity contribution < 1.29 is 74.4 Å². The van der Waals surface area contributed by atoms with E-state index in [0.717, 1.165) is 25.2 Å².